The molecule has 0 saturated carbocycles. The third-order valence-electron chi connectivity index (χ3n) is 12.7. The number of carbonyl (C=O) groups excluding carboxylic acids is 2. The van der Waals surface area contributed by atoms with Crippen LogP contribution in [0.3, 0.4) is 0 Å². The SMILES string of the molecule is O=C(c1ccc(COc2cccc(C(O)(C(=O)OCC3CCN(Cc4ccccc4)CC3)c3ccccc3)c2)cc1)N1CCC(CNC[C@H](O)c2ccc(O)c3[nH]c(=O)ccc23)CC1. The number of aliphatic hydroxyl groups is 2. The molecule has 12 heteroatoms. The number of piperidine rings is 2. The fourth-order valence-electron chi connectivity index (χ4n) is 8.86. The Bertz CT molecular complexity index is 2550. The number of aliphatic hydroxyl groups excluding tert-OH is 1. The van der Waals surface area contributed by atoms with Gasteiger partial charge in [-0.25, -0.2) is 4.79 Å². The number of fused-ring (bicyclic) bond motifs is 1. The van der Waals surface area contributed by atoms with Gasteiger partial charge in [-0.05, 0) is 116 Å². The summed E-state index contributed by atoms with van der Waals surface area (Å²) in [5.41, 5.74) is 2.04. The summed E-state index contributed by atoms with van der Waals surface area (Å²) in [4.78, 5) is 46.1. The Balaban J connectivity index is 0.807. The van der Waals surface area contributed by atoms with Crippen LogP contribution in [0, 0.1) is 11.8 Å². The van der Waals surface area contributed by atoms with E-state index >= 15 is 0 Å². The molecule has 0 bridgehead atoms. The number of aromatic hydroxyl groups is 1. The number of hydrogen-bond acceptors (Lipinski definition) is 10. The number of aromatic nitrogens is 1. The minimum atomic E-state index is -2.04. The molecule has 1 unspecified atom stereocenters. The molecular formula is C52H56N4O8. The molecule has 2 saturated heterocycles. The molecule has 2 fully saturated rings. The van der Waals surface area contributed by atoms with Gasteiger partial charge in [0.25, 0.3) is 5.91 Å². The molecule has 8 rings (SSSR count). The van der Waals surface area contributed by atoms with Gasteiger partial charge in [0.1, 0.15) is 18.1 Å². The van der Waals surface area contributed by atoms with Gasteiger partial charge in [0.2, 0.25) is 11.2 Å². The number of nitrogens with one attached hydrogen (secondary N) is 2. The third kappa shape index (κ3) is 10.5. The van der Waals surface area contributed by atoms with Crippen molar-refractivity contribution in [3.63, 3.8) is 0 Å². The van der Waals surface area contributed by atoms with Gasteiger partial charge in [-0.2, -0.15) is 0 Å². The van der Waals surface area contributed by atoms with Crippen molar-refractivity contribution < 1.29 is 34.4 Å². The lowest BCUT2D eigenvalue weighted by Gasteiger charge is -2.33. The number of phenolic OH excluding ortho intramolecular Hbond substituents is 1. The molecule has 1 aromatic heterocycles. The molecule has 12 nitrogen and oxygen atoms in total. The number of aromatic amines is 1. The van der Waals surface area contributed by atoms with E-state index in [-0.39, 0.29) is 36.3 Å². The first-order valence-corrected chi connectivity index (χ1v) is 22.2. The van der Waals surface area contributed by atoms with Crippen molar-refractivity contribution in [2.24, 2.45) is 11.8 Å². The molecule has 0 spiro atoms. The van der Waals surface area contributed by atoms with E-state index in [1.165, 1.54) is 17.7 Å². The topological polar surface area (TPSA) is 165 Å². The summed E-state index contributed by atoms with van der Waals surface area (Å²) >= 11 is 0. The summed E-state index contributed by atoms with van der Waals surface area (Å²) in [7, 11) is 0. The van der Waals surface area contributed by atoms with Crippen molar-refractivity contribution in [2.45, 2.75) is 50.5 Å². The van der Waals surface area contributed by atoms with Crippen LogP contribution in [0.15, 0.2) is 138 Å². The van der Waals surface area contributed by atoms with E-state index in [1.54, 1.807) is 60.7 Å². The number of ether oxygens (including phenoxy) is 2. The highest BCUT2D eigenvalue weighted by molar-refractivity contribution is 5.94. The lowest BCUT2D eigenvalue weighted by atomic mass is 9.86. The Kier molecular flexibility index (Phi) is 14.2. The average Bonchev–Trinajstić information content (AvgIpc) is 3.34. The molecule has 332 valence electrons. The van der Waals surface area contributed by atoms with Crippen LogP contribution in [0.2, 0.25) is 0 Å². The van der Waals surface area contributed by atoms with Gasteiger partial charge in [0.05, 0.1) is 18.2 Å². The van der Waals surface area contributed by atoms with Gasteiger partial charge < -0.3 is 40.0 Å². The van der Waals surface area contributed by atoms with Crippen LogP contribution in [0.4, 0.5) is 0 Å². The average molecular weight is 865 g/mol. The van der Waals surface area contributed by atoms with Crippen molar-refractivity contribution in [2.75, 3.05) is 45.9 Å². The number of pyridine rings is 1. The largest absolute Gasteiger partial charge is 0.506 e. The predicted molar refractivity (Wildman–Crippen MR) is 245 cm³/mol. The number of hydrogen-bond donors (Lipinski definition) is 5. The first-order chi connectivity index (χ1) is 31.1. The molecule has 5 N–H and O–H groups in total. The lowest BCUT2D eigenvalue weighted by Crippen LogP contribution is -2.41. The van der Waals surface area contributed by atoms with Gasteiger partial charge in [0.15, 0.2) is 0 Å². The van der Waals surface area contributed by atoms with E-state index in [0.29, 0.717) is 71.0 Å². The monoisotopic (exact) mass is 864 g/mol. The zero-order valence-electron chi connectivity index (χ0n) is 35.9. The molecule has 6 aromatic rings. The number of esters is 1. The fraction of sp³-hybridized carbons (Fsp3) is 0.327. The van der Waals surface area contributed by atoms with E-state index in [9.17, 15) is 29.7 Å². The molecule has 3 heterocycles. The maximum atomic E-state index is 13.9. The summed E-state index contributed by atoms with van der Waals surface area (Å²) in [6.07, 6.45) is 2.64. The molecule has 0 radical (unpaired) electrons. The second-order valence-electron chi connectivity index (χ2n) is 17.1. The van der Waals surface area contributed by atoms with Crippen molar-refractivity contribution >= 4 is 22.8 Å². The molecule has 2 aliphatic heterocycles. The van der Waals surface area contributed by atoms with Crippen LogP contribution in [-0.2, 0) is 28.3 Å². The summed E-state index contributed by atoms with van der Waals surface area (Å²) in [6.45, 7) is 5.43. The van der Waals surface area contributed by atoms with E-state index in [0.717, 1.165) is 50.9 Å². The number of rotatable bonds is 16. The quantitative estimate of drug-likeness (QED) is 0.0664. The minimum Gasteiger partial charge on any atom is -0.506 e. The summed E-state index contributed by atoms with van der Waals surface area (Å²) in [5, 5.41) is 37.3. The highest BCUT2D eigenvalue weighted by Gasteiger charge is 2.42. The molecule has 0 aliphatic carbocycles. The standard InChI is InChI=1S/C52H56N4O8/c57-46-20-18-44(45-19-21-48(59)54-49(45)46)47(58)32-53-31-36-24-28-56(29-25-36)50(60)40-16-14-38(15-17-40)34-63-43-13-7-12-42(30-43)52(62,41-10-5-2-6-11-41)51(61)64-35-39-22-26-55(27-23-39)33-37-8-3-1-4-9-37/h1-21,30,36,39,47,53,57-58,62H,22-29,31-35H2,(H,54,59)/t47-,52?/m0/s1. The summed E-state index contributed by atoms with van der Waals surface area (Å²) < 4.78 is 12.1. The maximum absolute atomic E-state index is 13.9. The van der Waals surface area contributed by atoms with E-state index in [2.05, 4.69) is 39.5 Å². The molecule has 1 amide bonds. The van der Waals surface area contributed by atoms with Gasteiger partial charge >= 0.3 is 5.97 Å². The number of amides is 1. The van der Waals surface area contributed by atoms with Crippen LogP contribution in [-0.4, -0.2) is 87.9 Å². The van der Waals surface area contributed by atoms with Crippen molar-refractivity contribution in [3.8, 4) is 11.5 Å². The van der Waals surface area contributed by atoms with Crippen LogP contribution < -0.4 is 15.6 Å². The van der Waals surface area contributed by atoms with Crippen LogP contribution in [0.25, 0.3) is 10.9 Å². The highest BCUT2D eigenvalue weighted by atomic mass is 16.5. The first-order valence-electron chi connectivity index (χ1n) is 22.2. The second kappa shape index (κ2) is 20.5. The minimum absolute atomic E-state index is 0.0279. The maximum Gasteiger partial charge on any atom is 0.347 e. The fourth-order valence-corrected chi connectivity index (χ4v) is 8.86. The van der Waals surface area contributed by atoms with Gasteiger partial charge in [-0.1, -0.05) is 91.0 Å². The van der Waals surface area contributed by atoms with Gasteiger partial charge in [-0.15, -0.1) is 0 Å². The Labute approximate surface area is 373 Å². The van der Waals surface area contributed by atoms with Gasteiger partial charge in [-0.3, -0.25) is 14.5 Å². The lowest BCUT2D eigenvalue weighted by molar-refractivity contribution is -0.164. The Hall–Kier alpha value is -6.31. The number of likely N-dealkylation sites (tertiary alicyclic amines) is 2. The molecule has 2 aliphatic rings. The van der Waals surface area contributed by atoms with Crippen LogP contribution in [0.5, 0.6) is 11.5 Å². The normalized spacial score (nSPS) is 16.6. The Morgan fingerprint density at radius 1 is 0.766 bits per heavy atom. The third-order valence-corrected chi connectivity index (χ3v) is 12.7. The Morgan fingerprint density at radius 2 is 1.45 bits per heavy atom. The molecule has 2 atom stereocenters. The zero-order chi connectivity index (χ0) is 44.5. The summed E-state index contributed by atoms with van der Waals surface area (Å²) in [5.74, 6) is 0.229. The first kappa shape index (κ1) is 44.3. The number of H-pyrrole nitrogens is 1. The van der Waals surface area contributed by atoms with Crippen LogP contribution >= 0.6 is 0 Å². The van der Waals surface area contributed by atoms with Gasteiger partial charge in [0, 0.05) is 48.8 Å². The van der Waals surface area contributed by atoms with E-state index in [4.69, 9.17) is 9.47 Å². The number of carbonyl (C=O) groups is 2. The van der Waals surface area contributed by atoms with E-state index < -0.39 is 17.7 Å². The molecular weight excluding hydrogens is 809 g/mol. The number of phenols is 1. The van der Waals surface area contributed by atoms with E-state index in [1.807, 2.05) is 41.3 Å². The summed E-state index contributed by atoms with van der Waals surface area (Å²) in [6, 6.07) is 39.7. The number of benzene rings is 5. The second-order valence-corrected chi connectivity index (χ2v) is 17.1. The zero-order valence-corrected chi connectivity index (χ0v) is 35.9. The van der Waals surface area contributed by atoms with Crippen LogP contribution in [0.1, 0.15) is 70.0 Å². The highest BCUT2D eigenvalue weighted by Crippen LogP contribution is 2.34. The number of nitrogens with zero attached hydrogens (tertiary/aromatic N) is 2. The van der Waals surface area contributed by atoms with Crippen molar-refractivity contribution in [1.29, 1.82) is 0 Å². The van der Waals surface area contributed by atoms with Crippen molar-refractivity contribution in [3.05, 3.63) is 177 Å². The molecule has 64 heavy (non-hydrogen) atoms. The smallest absolute Gasteiger partial charge is 0.347 e. The van der Waals surface area contributed by atoms with Crippen molar-refractivity contribution in [1.82, 2.24) is 20.1 Å². The predicted octanol–water partition coefficient (Wildman–Crippen LogP) is 6.68. The molecule has 5 aromatic carbocycles. The Morgan fingerprint density at radius 3 is 2.19 bits per heavy atom.